The third-order valence-electron chi connectivity index (χ3n) is 2.64. The smallest absolute Gasteiger partial charge is 0.0777 e. The summed E-state index contributed by atoms with van der Waals surface area (Å²) >= 11 is 0. The highest BCUT2D eigenvalue weighted by molar-refractivity contribution is 5.29. The number of hydrogen-bond acceptors (Lipinski definition) is 3. The minimum Gasteiger partial charge on any atom is -0.394 e. The van der Waals surface area contributed by atoms with Crippen molar-refractivity contribution in [2.75, 3.05) is 6.61 Å². The predicted molar refractivity (Wildman–Crippen MR) is 52.4 cm³/mol. The Kier molecular flexibility index (Phi) is 2.45. The molecule has 4 heteroatoms. The summed E-state index contributed by atoms with van der Waals surface area (Å²) in [7, 11) is 0. The van der Waals surface area contributed by atoms with Crippen molar-refractivity contribution in [2.24, 2.45) is 5.29 Å². The summed E-state index contributed by atoms with van der Waals surface area (Å²) in [4.78, 5) is 10.5. The largest absolute Gasteiger partial charge is 0.394 e. The predicted octanol–water partition coefficient (Wildman–Crippen LogP) is 1.09. The van der Waals surface area contributed by atoms with Crippen LogP contribution in [0.1, 0.15) is 11.1 Å². The molecule has 0 amide bonds. The molecule has 1 aliphatic rings. The van der Waals surface area contributed by atoms with E-state index in [-0.39, 0.29) is 12.6 Å². The zero-order valence-corrected chi connectivity index (χ0v) is 7.76. The SMILES string of the molecule is O=NN1Cc2ccccc2C[C@H]1CO. The van der Waals surface area contributed by atoms with Crippen molar-refractivity contribution >= 4 is 0 Å². The third-order valence-corrected chi connectivity index (χ3v) is 2.64. The van der Waals surface area contributed by atoms with Crippen molar-refractivity contribution in [3.8, 4) is 0 Å². The number of rotatable bonds is 2. The third kappa shape index (κ3) is 1.48. The van der Waals surface area contributed by atoms with E-state index in [0.29, 0.717) is 13.0 Å². The van der Waals surface area contributed by atoms with Crippen LogP contribution in [0.25, 0.3) is 0 Å². The molecule has 0 saturated heterocycles. The van der Waals surface area contributed by atoms with E-state index in [4.69, 9.17) is 5.11 Å². The second-order valence-electron chi connectivity index (χ2n) is 3.49. The monoisotopic (exact) mass is 192 g/mol. The summed E-state index contributed by atoms with van der Waals surface area (Å²) in [5.41, 5.74) is 2.32. The highest BCUT2D eigenvalue weighted by Crippen LogP contribution is 2.22. The highest BCUT2D eigenvalue weighted by atomic mass is 16.3. The second kappa shape index (κ2) is 3.75. The van der Waals surface area contributed by atoms with Gasteiger partial charge in [-0.3, -0.25) is 5.01 Å². The van der Waals surface area contributed by atoms with Crippen molar-refractivity contribution in [1.29, 1.82) is 0 Å². The Bertz CT molecular complexity index is 341. The second-order valence-corrected chi connectivity index (χ2v) is 3.49. The summed E-state index contributed by atoms with van der Waals surface area (Å²) in [6.45, 7) is 0.477. The maximum atomic E-state index is 10.5. The molecule has 1 heterocycles. The van der Waals surface area contributed by atoms with Crippen LogP contribution in [0.15, 0.2) is 29.6 Å². The summed E-state index contributed by atoms with van der Waals surface area (Å²) in [6, 6.07) is 7.77. The zero-order valence-electron chi connectivity index (χ0n) is 7.76. The molecule has 1 N–H and O–H groups in total. The van der Waals surface area contributed by atoms with Crippen LogP contribution in [-0.2, 0) is 13.0 Å². The van der Waals surface area contributed by atoms with E-state index in [1.54, 1.807) is 0 Å². The molecule has 0 saturated carbocycles. The fraction of sp³-hybridized carbons (Fsp3) is 0.400. The Morgan fingerprint density at radius 2 is 2.14 bits per heavy atom. The molecular formula is C10H12N2O2. The molecule has 2 rings (SSSR count). The van der Waals surface area contributed by atoms with Crippen molar-refractivity contribution in [1.82, 2.24) is 5.01 Å². The van der Waals surface area contributed by atoms with Crippen LogP contribution in [-0.4, -0.2) is 22.8 Å². The van der Waals surface area contributed by atoms with Gasteiger partial charge in [-0.15, -0.1) is 4.91 Å². The summed E-state index contributed by atoms with van der Waals surface area (Å²) in [5.74, 6) is 0. The van der Waals surface area contributed by atoms with E-state index >= 15 is 0 Å². The van der Waals surface area contributed by atoms with Crippen LogP contribution >= 0.6 is 0 Å². The molecule has 74 valence electrons. The first-order valence-electron chi connectivity index (χ1n) is 4.62. The minimum atomic E-state index is -0.164. The van der Waals surface area contributed by atoms with Crippen LogP contribution in [0.4, 0.5) is 0 Å². The Balaban J connectivity index is 2.29. The van der Waals surface area contributed by atoms with Crippen LogP contribution in [0.5, 0.6) is 0 Å². The van der Waals surface area contributed by atoms with Gasteiger partial charge in [0.2, 0.25) is 0 Å². The Morgan fingerprint density at radius 3 is 2.79 bits per heavy atom. The molecule has 14 heavy (non-hydrogen) atoms. The van der Waals surface area contributed by atoms with Crippen LogP contribution in [0.2, 0.25) is 0 Å². The summed E-state index contributed by atoms with van der Waals surface area (Å²) in [6.07, 6.45) is 0.693. The van der Waals surface area contributed by atoms with Gasteiger partial charge >= 0.3 is 0 Å². The van der Waals surface area contributed by atoms with Gasteiger partial charge in [0, 0.05) is 0 Å². The highest BCUT2D eigenvalue weighted by Gasteiger charge is 2.24. The molecule has 0 bridgehead atoms. The van der Waals surface area contributed by atoms with E-state index in [0.717, 1.165) is 5.56 Å². The molecule has 0 fully saturated rings. The average Bonchev–Trinajstić information content (AvgIpc) is 2.27. The lowest BCUT2D eigenvalue weighted by atomic mass is 9.96. The van der Waals surface area contributed by atoms with Gasteiger partial charge in [-0.2, -0.15) is 0 Å². The first kappa shape index (κ1) is 9.15. The first-order valence-corrected chi connectivity index (χ1v) is 4.62. The molecule has 1 aromatic carbocycles. The molecule has 1 aliphatic heterocycles. The number of nitroso groups, excluding NO2 is 1. The summed E-state index contributed by atoms with van der Waals surface area (Å²) < 4.78 is 0. The van der Waals surface area contributed by atoms with E-state index in [1.165, 1.54) is 10.6 Å². The van der Waals surface area contributed by atoms with Gasteiger partial charge in [-0.1, -0.05) is 24.3 Å². The lowest BCUT2D eigenvalue weighted by molar-refractivity contribution is 0.108. The molecule has 1 aromatic rings. The van der Waals surface area contributed by atoms with Gasteiger partial charge in [0.1, 0.15) is 0 Å². The quantitative estimate of drug-likeness (QED) is 0.713. The molecule has 0 radical (unpaired) electrons. The van der Waals surface area contributed by atoms with Gasteiger partial charge in [0.25, 0.3) is 0 Å². The first-order chi connectivity index (χ1) is 6.85. The number of aliphatic hydroxyl groups is 1. The molecule has 1 atom stereocenters. The zero-order chi connectivity index (χ0) is 9.97. The van der Waals surface area contributed by atoms with Gasteiger partial charge in [-0.25, -0.2) is 0 Å². The van der Waals surface area contributed by atoms with Crippen molar-refractivity contribution < 1.29 is 5.11 Å². The molecule has 4 nitrogen and oxygen atoms in total. The Morgan fingerprint density at radius 1 is 1.43 bits per heavy atom. The lowest BCUT2D eigenvalue weighted by Gasteiger charge is -2.30. The van der Waals surface area contributed by atoms with Gasteiger partial charge in [0.15, 0.2) is 0 Å². The number of aliphatic hydroxyl groups excluding tert-OH is 1. The van der Waals surface area contributed by atoms with Crippen LogP contribution < -0.4 is 0 Å². The maximum absolute atomic E-state index is 10.5. The van der Waals surface area contributed by atoms with Crippen molar-refractivity contribution in [2.45, 2.75) is 19.0 Å². The van der Waals surface area contributed by atoms with Gasteiger partial charge < -0.3 is 5.11 Å². The van der Waals surface area contributed by atoms with Crippen molar-refractivity contribution in [3.63, 3.8) is 0 Å². The molecule has 0 aliphatic carbocycles. The number of benzene rings is 1. The fourth-order valence-electron chi connectivity index (χ4n) is 1.83. The fourth-order valence-corrected chi connectivity index (χ4v) is 1.83. The Hall–Kier alpha value is -1.42. The Labute approximate surface area is 82.1 Å². The maximum Gasteiger partial charge on any atom is 0.0777 e. The minimum absolute atomic E-state index is 0.0277. The van der Waals surface area contributed by atoms with Gasteiger partial charge in [-0.05, 0) is 17.5 Å². The van der Waals surface area contributed by atoms with E-state index in [1.807, 2.05) is 24.3 Å². The number of hydrogen-bond donors (Lipinski definition) is 1. The number of nitrogens with zero attached hydrogens (tertiary/aromatic N) is 2. The average molecular weight is 192 g/mol. The van der Waals surface area contributed by atoms with Crippen LogP contribution in [0, 0.1) is 4.91 Å². The molecule has 0 aromatic heterocycles. The van der Waals surface area contributed by atoms with E-state index in [9.17, 15) is 4.91 Å². The van der Waals surface area contributed by atoms with E-state index in [2.05, 4.69) is 5.29 Å². The lowest BCUT2D eigenvalue weighted by Crippen LogP contribution is -2.38. The van der Waals surface area contributed by atoms with Crippen LogP contribution in [0.3, 0.4) is 0 Å². The summed E-state index contributed by atoms with van der Waals surface area (Å²) in [5, 5.41) is 13.4. The molecular weight excluding hydrogens is 180 g/mol. The number of fused-ring (bicyclic) bond motifs is 1. The van der Waals surface area contributed by atoms with Crippen molar-refractivity contribution in [3.05, 3.63) is 40.3 Å². The van der Waals surface area contributed by atoms with Gasteiger partial charge in [0.05, 0.1) is 24.5 Å². The van der Waals surface area contributed by atoms with E-state index < -0.39 is 0 Å². The standard InChI is InChI=1S/C10H12N2O2/c13-7-10-5-8-3-1-2-4-9(8)6-12(10)11-14/h1-4,10,13H,5-7H2/t10-/m0/s1. The normalized spacial score (nSPS) is 20.4. The molecule has 0 unspecified atom stereocenters. The topological polar surface area (TPSA) is 52.9 Å². The molecule has 0 spiro atoms.